The first kappa shape index (κ1) is 52.2. The van der Waals surface area contributed by atoms with Gasteiger partial charge in [-0.25, -0.2) is 4.98 Å². The Morgan fingerprint density at radius 1 is 1.03 bits per heavy atom. The molecule has 4 aromatic rings. The second kappa shape index (κ2) is 24.0. The molecule has 0 bridgehead atoms. The van der Waals surface area contributed by atoms with E-state index >= 15 is 0 Å². The van der Waals surface area contributed by atoms with E-state index in [2.05, 4.69) is 20.8 Å². The van der Waals surface area contributed by atoms with Crippen molar-refractivity contribution in [3.63, 3.8) is 0 Å². The summed E-state index contributed by atoms with van der Waals surface area (Å²) < 4.78 is 17.8. The number of hydrogen-bond acceptors (Lipinski definition) is 14. The van der Waals surface area contributed by atoms with Gasteiger partial charge in [-0.3, -0.25) is 28.9 Å². The number of likely N-dealkylation sites (tertiary alicyclic amines) is 1. The van der Waals surface area contributed by atoms with Gasteiger partial charge < -0.3 is 50.4 Å². The van der Waals surface area contributed by atoms with Gasteiger partial charge >= 0.3 is 0 Å². The number of nitrogens with two attached hydrogens (primary N) is 1. The molecule has 0 spiro atoms. The van der Waals surface area contributed by atoms with Crippen LogP contribution in [0.3, 0.4) is 0 Å². The Bertz CT molecular complexity index is 2450. The number of nitrogens with one attached hydrogen (secondary N) is 2. The standard InChI is InChI=1S/C50H65ClN8O10S/c1-29(2)45(50(66)58-26-37(61)23-39(58)48(64)53-25-32-10-12-34(13-11-32)47-30(3)54-28-70-47)41-24-43(56-69-41)67-22-6-8-33-7-5-9-40(46(33)51)68-27-35(14-17-42(52)62)55-49(65)38-16-15-36-18-20-57(31(4)60)21-19-44(63)59(36)38/h5,7,9-13,24,28-29,31,35-39,45,60-61H,6,8,14-23,25-27H2,1-4H3,(H2,52,62)(H,53,64)(H,55,65)/t31?,35-,36+,37+,38-,39-,45+/m0/s1. The van der Waals surface area contributed by atoms with Crippen LogP contribution in [0.4, 0.5) is 0 Å². The van der Waals surface area contributed by atoms with Crippen molar-refractivity contribution < 1.29 is 48.2 Å². The molecule has 378 valence electrons. The number of ether oxygens (including phenoxy) is 2. The number of nitrogens with zero attached hydrogens (tertiary/aromatic N) is 5. The van der Waals surface area contributed by atoms with Crippen LogP contribution in [0.15, 0.2) is 58.6 Å². The van der Waals surface area contributed by atoms with Crippen molar-refractivity contribution in [3.8, 4) is 22.1 Å². The summed E-state index contributed by atoms with van der Waals surface area (Å²) in [6.45, 7) is 8.95. The number of aryl methyl sites for hydroxylation is 2. The smallest absolute Gasteiger partial charge is 0.254 e. The molecule has 1 unspecified atom stereocenters. The summed E-state index contributed by atoms with van der Waals surface area (Å²) in [6.07, 6.45) is 1.92. The maximum Gasteiger partial charge on any atom is 0.254 e. The zero-order chi connectivity index (χ0) is 50.1. The largest absolute Gasteiger partial charge is 0.490 e. The number of primary amides is 1. The predicted octanol–water partition coefficient (Wildman–Crippen LogP) is 4.71. The average Bonchev–Trinajstić information content (AvgIpc) is 4.15. The van der Waals surface area contributed by atoms with Crippen LogP contribution in [0.5, 0.6) is 11.6 Å². The number of rotatable bonds is 21. The Balaban J connectivity index is 0.895. The number of halogens is 1. The summed E-state index contributed by atoms with van der Waals surface area (Å²) in [5, 5.41) is 31.2. The minimum absolute atomic E-state index is 0.00335. The average molecular weight is 1010 g/mol. The van der Waals surface area contributed by atoms with Gasteiger partial charge in [0, 0.05) is 57.5 Å². The molecular formula is C50H65ClN8O10S. The van der Waals surface area contributed by atoms with Crippen LogP contribution in [0.25, 0.3) is 10.4 Å². The molecule has 2 aromatic carbocycles. The van der Waals surface area contributed by atoms with Gasteiger partial charge in [0.25, 0.3) is 5.88 Å². The Morgan fingerprint density at radius 3 is 2.53 bits per heavy atom. The summed E-state index contributed by atoms with van der Waals surface area (Å²) in [4.78, 5) is 76.9. The van der Waals surface area contributed by atoms with Crippen LogP contribution in [-0.4, -0.2) is 134 Å². The Hall–Kier alpha value is -5.60. The number of carbonyl (C=O) groups is 5. The molecule has 7 rings (SSSR count). The molecule has 3 aliphatic rings. The number of benzene rings is 2. The quantitative estimate of drug-likeness (QED) is 0.0712. The lowest BCUT2D eigenvalue weighted by atomic mass is 9.91. The minimum atomic E-state index is -0.862. The highest BCUT2D eigenvalue weighted by Gasteiger charge is 2.44. The SMILES string of the molecule is Cc1ncsc1-c1ccc(CNC(=O)[C@@H]2C[C@@H](O)CN2C(=O)[C@@H](c2cc(OCCCc3cccc(OC[C@H](CCC(N)=O)NC(=O)[C@@H]4CC[C@@H]5CCN(C(C)O)CCC(=O)N54)c3Cl)no2)C(C)C)cc1. The number of carbonyl (C=O) groups excluding carboxylic acids is 5. The Labute approximate surface area is 417 Å². The van der Waals surface area contributed by atoms with Crippen molar-refractivity contribution in [2.45, 2.75) is 134 Å². The molecule has 5 amide bonds. The van der Waals surface area contributed by atoms with E-state index in [0.29, 0.717) is 56.0 Å². The van der Waals surface area contributed by atoms with Crippen molar-refractivity contribution in [2.24, 2.45) is 11.7 Å². The van der Waals surface area contributed by atoms with E-state index in [1.165, 1.54) is 4.90 Å². The van der Waals surface area contributed by atoms with E-state index in [4.69, 9.17) is 31.3 Å². The number of thiazole rings is 1. The zero-order valence-corrected chi connectivity index (χ0v) is 41.8. The third-order valence-corrected chi connectivity index (χ3v) is 14.8. The first-order valence-electron chi connectivity index (χ1n) is 24.1. The van der Waals surface area contributed by atoms with Crippen molar-refractivity contribution in [3.05, 3.63) is 81.6 Å². The number of aliphatic hydroxyl groups is 2. The topological polar surface area (TPSA) is 243 Å². The minimum Gasteiger partial charge on any atom is -0.490 e. The Morgan fingerprint density at radius 2 is 1.81 bits per heavy atom. The molecule has 70 heavy (non-hydrogen) atoms. The molecule has 5 heterocycles. The molecule has 3 saturated heterocycles. The van der Waals surface area contributed by atoms with E-state index in [9.17, 15) is 34.2 Å². The maximum absolute atomic E-state index is 14.2. The van der Waals surface area contributed by atoms with Crippen molar-refractivity contribution >= 4 is 52.5 Å². The second-order valence-corrected chi connectivity index (χ2v) is 20.1. The van der Waals surface area contributed by atoms with Gasteiger partial charge in [0.2, 0.25) is 29.5 Å². The van der Waals surface area contributed by atoms with Gasteiger partial charge in [-0.1, -0.05) is 61.8 Å². The van der Waals surface area contributed by atoms with Gasteiger partial charge in [0.1, 0.15) is 36.6 Å². The summed E-state index contributed by atoms with van der Waals surface area (Å²) >= 11 is 8.41. The number of aliphatic hydroxyl groups excluding tert-OH is 2. The van der Waals surface area contributed by atoms with E-state index in [1.807, 2.05) is 67.6 Å². The zero-order valence-electron chi connectivity index (χ0n) is 40.2. The lowest BCUT2D eigenvalue weighted by Crippen LogP contribution is -2.54. The van der Waals surface area contributed by atoms with E-state index in [1.54, 1.807) is 35.3 Å². The first-order chi connectivity index (χ1) is 33.6. The van der Waals surface area contributed by atoms with Gasteiger partial charge in [-0.2, -0.15) is 0 Å². The molecule has 3 fully saturated rings. The van der Waals surface area contributed by atoms with Crippen LogP contribution in [0.1, 0.15) is 101 Å². The first-order valence-corrected chi connectivity index (χ1v) is 25.4. The normalized spacial score (nSPS) is 20.9. The molecule has 7 atom stereocenters. The molecule has 3 aliphatic heterocycles. The van der Waals surface area contributed by atoms with Crippen molar-refractivity contribution in [2.75, 3.05) is 32.8 Å². The van der Waals surface area contributed by atoms with Crippen LogP contribution < -0.4 is 25.8 Å². The monoisotopic (exact) mass is 1000 g/mol. The second-order valence-electron chi connectivity index (χ2n) is 18.8. The van der Waals surface area contributed by atoms with Crippen molar-refractivity contribution in [1.82, 2.24) is 35.5 Å². The van der Waals surface area contributed by atoms with Crippen LogP contribution in [-0.2, 0) is 36.9 Å². The molecule has 20 heteroatoms. The van der Waals surface area contributed by atoms with Crippen LogP contribution in [0, 0.1) is 12.8 Å². The summed E-state index contributed by atoms with van der Waals surface area (Å²) in [5.74, 6) is -1.81. The maximum atomic E-state index is 14.2. The number of β-amino-alcohol motifs (C(OH)–C–C–N with tert-alkyl or cyclic N) is 1. The third kappa shape index (κ3) is 13.0. The van der Waals surface area contributed by atoms with Gasteiger partial charge in [0.05, 0.1) is 39.9 Å². The van der Waals surface area contributed by atoms with Gasteiger partial charge in [-0.15, -0.1) is 11.3 Å². The number of amides is 5. The summed E-state index contributed by atoms with van der Waals surface area (Å²) in [5.41, 5.74) is 11.0. The Kier molecular flexibility index (Phi) is 17.9. The van der Waals surface area contributed by atoms with E-state index in [0.717, 1.165) is 27.3 Å². The highest BCUT2D eigenvalue weighted by atomic mass is 35.5. The lowest BCUT2D eigenvalue weighted by molar-refractivity contribution is -0.142. The van der Waals surface area contributed by atoms with E-state index in [-0.39, 0.29) is 99.2 Å². The number of hydrogen-bond donors (Lipinski definition) is 5. The molecule has 6 N–H and O–H groups in total. The summed E-state index contributed by atoms with van der Waals surface area (Å²) in [6, 6.07) is 12.7. The molecule has 0 saturated carbocycles. The molecule has 0 aliphatic carbocycles. The molecule has 18 nitrogen and oxygen atoms in total. The lowest BCUT2D eigenvalue weighted by Gasteiger charge is -2.36. The molecule has 2 aromatic heterocycles. The fourth-order valence-electron chi connectivity index (χ4n) is 9.64. The van der Waals surface area contributed by atoms with Crippen molar-refractivity contribution in [1.29, 1.82) is 0 Å². The third-order valence-electron chi connectivity index (χ3n) is 13.4. The number of fused-ring (bicyclic) bond motifs is 1. The predicted molar refractivity (Wildman–Crippen MR) is 262 cm³/mol. The summed E-state index contributed by atoms with van der Waals surface area (Å²) in [7, 11) is 0. The molecular weight excluding hydrogens is 940 g/mol. The van der Waals surface area contributed by atoms with Gasteiger partial charge in [0.15, 0.2) is 5.76 Å². The van der Waals surface area contributed by atoms with E-state index < -0.39 is 42.3 Å². The molecule has 0 radical (unpaired) electrons. The number of aromatic nitrogens is 2. The highest BCUT2D eigenvalue weighted by molar-refractivity contribution is 7.13. The van der Waals surface area contributed by atoms with Crippen LogP contribution >= 0.6 is 22.9 Å². The fourth-order valence-corrected chi connectivity index (χ4v) is 10.7. The van der Waals surface area contributed by atoms with Gasteiger partial charge in [-0.05, 0) is 86.2 Å². The van der Waals surface area contributed by atoms with Crippen LogP contribution in [0.2, 0.25) is 5.02 Å². The fraction of sp³-hybridized carbons (Fsp3) is 0.540. The highest BCUT2D eigenvalue weighted by Crippen LogP contribution is 2.34.